The third-order valence-corrected chi connectivity index (χ3v) is 5.16. The molecule has 3 N–H and O–H groups in total. The minimum atomic E-state index is -4.52. The Bertz CT molecular complexity index is 1210. The topological polar surface area (TPSA) is 65.5 Å². The number of aromatic nitrogens is 1. The number of hydrogen-bond acceptors (Lipinski definition) is 3. The SMILES string of the molecule is COc1cccc([C@H](c2cccc(C(F)(F)F)c2)c2ccc3[nH]ccc3c2O)c1O. The van der Waals surface area contributed by atoms with E-state index in [1.807, 2.05) is 0 Å². The van der Waals surface area contributed by atoms with Crippen LogP contribution in [0.4, 0.5) is 13.2 Å². The van der Waals surface area contributed by atoms with Gasteiger partial charge in [-0.1, -0.05) is 36.4 Å². The van der Waals surface area contributed by atoms with E-state index in [0.29, 0.717) is 22.0 Å². The molecule has 0 saturated carbocycles. The Kier molecular flexibility index (Phi) is 4.81. The van der Waals surface area contributed by atoms with Gasteiger partial charge in [-0.25, -0.2) is 0 Å². The molecule has 1 heterocycles. The van der Waals surface area contributed by atoms with Gasteiger partial charge in [-0.05, 0) is 29.8 Å². The zero-order chi connectivity index (χ0) is 21.5. The Balaban J connectivity index is 2.00. The van der Waals surface area contributed by atoms with Crippen LogP contribution in [-0.4, -0.2) is 22.3 Å². The van der Waals surface area contributed by atoms with E-state index in [-0.39, 0.29) is 22.8 Å². The average Bonchev–Trinajstić information content (AvgIpc) is 3.20. The number of phenolic OH excluding ortho intramolecular Hbond substituents is 2. The van der Waals surface area contributed by atoms with Crippen LogP contribution in [-0.2, 0) is 6.18 Å². The van der Waals surface area contributed by atoms with Crippen molar-refractivity contribution in [2.45, 2.75) is 12.1 Å². The molecular formula is C23H18F3NO3. The van der Waals surface area contributed by atoms with Gasteiger partial charge in [0, 0.05) is 34.1 Å². The predicted molar refractivity (Wildman–Crippen MR) is 107 cm³/mol. The molecule has 0 radical (unpaired) electrons. The minimum Gasteiger partial charge on any atom is -0.507 e. The number of para-hydroxylation sites is 1. The van der Waals surface area contributed by atoms with Gasteiger partial charge in [-0.2, -0.15) is 13.2 Å². The number of rotatable bonds is 4. The number of H-pyrrole nitrogens is 1. The molecule has 1 atom stereocenters. The summed E-state index contributed by atoms with van der Waals surface area (Å²) < 4.78 is 45.2. The van der Waals surface area contributed by atoms with E-state index < -0.39 is 17.7 Å². The van der Waals surface area contributed by atoms with Gasteiger partial charge in [-0.15, -0.1) is 0 Å². The van der Waals surface area contributed by atoms with Crippen molar-refractivity contribution >= 4 is 10.9 Å². The van der Waals surface area contributed by atoms with Crippen molar-refractivity contribution in [2.24, 2.45) is 0 Å². The van der Waals surface area contributed by atoms with Crippen molar-refractivity contribution in [1.29, 1.82) is 0 Å². The summed E-state index contributed by atoms with van der Waals surface area (Å²) in [5.41, 5.74) is 0.839. The van der Waals surface area contributed by atoms with Crippen molar-refractivity contribution < 1.29 is 28.1 Å². The number of alkyl halides is 3. The second kappa shape index (κ2) is 7.33. The third-order valence-electron chi connectivity index (χ3n) is 5.16. The first-order chi connectivity index (χ1) is 14.3. The molecule has 0 saturated heterocycles. The van der Waals surface area contributed by atoms with Gasteiger partial charge >= 0.3 is 6.18 Å². The number of benzene rings is 3. The molecule has 1 aromatic heterocycles. The van der Waals surface area contributed by atoms with Gasteiger partial charge in [0.15, 0.2) is 11.5 Å². The number of aromatic hydroxyl groups is 2. The van der Waals surface area contributed by atoms with Gasteiger partial charge in [0.05, 0.1) is 12.7 Å². The van der Waals surface area contributed by atoms with Crippen molar-refractivity contribution in [2.75, 3.05) is 7.11 Å². The van der Waals surface area contributed by atoms with Crippen molar-refractivity contribution in [1.82, 2.24) is 4.98 Å². The van der Waals surface area contributed by atoms with Gasteiger partial charge in [0.25, 0.3) is 0 Å². The zero-order valence-electron chi connectivity index (χ0n) is 15.9. The Morgan fingerprint density at radius 2 is 1.63 bits per heavy atom. The predicted octanol–water partition coefficient (Wildman–Crippen LogP) is 5.79. The number of nitrogens with one attached hydrogen (secondary N) is 1. The summed E-state index contributed by atoms with van der Waals surface area (Å²) in [6.45, 7) is 0. The monoisotopic (exact) mass is 413 g/mol. The third kappa shape index (κ3) is 3.32. The molecule has 0 fully saturated rings. The zero-order valence-corrected chi connectivity index (χ0v) is 15.9. The smallest absolute Gasteiger partial charge is 0.416 e. The van der Waals surface area contributed by atoms with Crippen molar-refractivity contribution in [3.05, 3.63) is 89.1 Å². The number of phenols is 2. The molecule has 4 aromatic rings. The summed E-state index contributed by atoms with van der Waals surface area (Å²) in [6.07, 6.45) is -2.86. The molecular weight excluding hydrogens is 395 g/mol. The van der Waals surface area contributed by atoms with E-state index in [1.165, 1.54) is 13.2 Å². The first-order valence-corrected chi connectivity index (χ1v) is 9.13. The Morgan fingerprint density at radius 1 is 0.900 bits per heavy atom. The molecule has 0 bridgehead atoms. The lowest BCUT2D eigenvalue weighted by Gasteiger charge is -2.23. The molecule has 4 rings (SSSR count). The standard InChI is InChI=1S/C23H18F3NO3/c1-30-19-7-3-6-16(22(19)29)20(13-4-2-5-14(12-13)23(24,25)26)17-8-9-18-15(21(17)28)10-11-27-18/h2-12,20,27-29H,1H3/t20-/m0/s1. The van der Waals surface area contributed by atoms with Gasteiger partial charge in [0.2, 0.25) is 0 Å². The normalized spacial score (nSPS) is 12.8. The maximum atomic E-state index is 13.4. The van der Waals surface area contributed by atoms with Crippen molar-refractivity contribution in [3.8, 4) is 17.2 Å². The molecule has 0 aliphatic heterocycles. The maximum absolute atomic E-state index is 13.4. The highest BCUT2D eigenvalue weighted by Gasteiger charge is 2.32. The summed E-state index contributed by atoms with van der Waals surface area (Å²) in [5, 5.41) is 22.2. The van der Waals surface area contributed by atoms with Crippen LogP contribution < -0.4 is 4.74 Å². The van der Waals surface area contributed by atoms with E-state index in [1.54, 1.807) is 48.7 Å². The molecule has 3 aromatic carbocycles. The fourth-order valence-corrected chi connectivity index (χ4v) is 3.73. The van der Waals surface area contributed by atoms with Crippen LogP contribution in [0.2, 0.25) is 0 Å². The Labute approximate surface area is 170 Å². The molecule has 4 nitrogen and oxygen atoms in total. The summed E-state index contributed by atoms with van der Waals surface area (Å²) in [6, 6.07) is 14.7. The molecule has 30 heavy (non-hydrogen) atoms. The fourth-order valence-electron chi connectivity index (χ4n) is 3.73. The molecule has 0 spiro atoms. The molecule has 0 aliphatic rings. The number of aromatic amines is 1. The number of hydrogen-bond donors (Lipinski definition) is 3. The molecule has 0 amide bonds. The van der Waals surface area contributed by atoms with Crippen LogP contribution in [0.5, 0.6) is 17.2 Å². The van der Waals surface area contributed by atoms with Crippen LogP contribution in [0.1, 0.15) is 28.2 Å². The molecule has 7 heteroatoms. The quantitative estimate of drug-likeness (QED) is 0.371. The lowest BCUT2D eigenvalue weighted by Crippen LogP contribution is -2.09. The van der Waals surface area contributed by atoms with E-state index in [4.69, 9.17) is 4.74 Å². The summed E-state index contributed by atoms with van der Waals surface area (Å²) >= 11 is 0. The second-order valence-corrected chi connectivity index (χ2v) is 6.90. The maximum Gasteiger partial charge on any atom is 0.416 e. The second-order valence-electron chi connectivity index (χ2n) is 6.90. The lowest BCUT2D eigenvalue weighted by atomic mass is 9.83. The van der Waals surface area contributed by atoms with Crippen LogP contribution in [0, 0.1) is 0 Å². The highest BCUT2D eigenvalue weighted by molar-refractivity contribution is 5.87. The van der Waals surface area contributed by atoms with Crippen LogP contribution >= 0.6 is 0 Å². The minimum absolute atomic E-state index is 0.0709. The Hall–Kier alpha value is -3.61. The van der Waals surface area contributed by atoms with Crippen molar-refractivity contribution in [3.63, 3.8) is 0 Å². The van der Waals surface area contributed by atoms with E-state index in [0.717, 1.165) is 12.1 Å². The summed E-state index contributed by atoms with van der Waals surface area (Å²) in [7, 11) is 1.39. The van der Waals surface area contributed by atoms with E-state index in [2.05, 4.69) is 4.98 Å². The molecule has 0 unspecified atom stereocenters. The lowest BCUT2D eigenvalue weighted by molar-refractivity contribution is -0.137. The Morgan fingerprint density at radius 3 is 2.37 bits per heavy atom. The molecule has 154 valence electrons. The van der Waals surface area contributed by atoms with Crippen LogP contribution in [0.25, 0.3) is 10.9 Å². The van der Waals surface area contributed by atoms with Gasteiger partial charge in [-0.3, -0.25) is 0 Å². The highest BCUT2D eigenvalue weighted by atomic mass is 19.4. The number of ether oxygens (including phenoxy) is 1. The number of methoxy groups -OCH3 is 1. The van der Waals surface area contributed by atoms with Gasteiger partial charge < -0.3 is 19.9 Å². The van der Waals surface area contributed by atoms with E-state index in [9.17, 15) is 23.4 Å². The van der Waals surface area contributed by atoms with E-state index >= 15 is 0 Å². The first-order valence-electron chi connectivity index (χ1n) is 9.13. The van der Waals surface area contributed by atoms with Crippen LogP contribution in [0.3, 0.4) is 0 Å². The number of fused-ring (bicyclic) bond motifs is 1. The highest BCUT2D eigenvalue weighted by Crippen LogP contribution is 2.46. The summed E-state index contributed by atoms with van der Waals surface area (Å²) in [5.74, 6) is -0.942. The fraction of sp³-hybridized carbons (Fsp3) is 0.130. The average molecular weight is 413 g/mol. The number of halogens is 3. The largest absolute Gasteiger partial charge is 0.507 e. The summed E-state index contributed by atoms with van der Waals surface area (Å²) in [4.78, 5) is 2.99. The molecule has 0 aliphatic carbocycles. The first kappa shape index (κ1) is 19.7. The van der Waals surface area contributed by atoms with Crippen LogP contribution in [0.15, 0.2) is 66.9 Å². The van der Waals surface area contributed by atoms with Gasteiger partial charge in [0.1, 0.15) is 5.75 Å².